The van der Waals surface area contributed by atoms with Crippen molar-refractivity contribution < 1.29 is 9.15 Å². The molecule has 2 heterocycles. The second-order valence-electron chi connectivity index (χ2n) is 5.68. The van der Waals surface area contributed by atoms with E-state index in [9.17, 15) is 0 Å². The number of furan rings is 1. The summed E-state index contributed by atoms with van der Waals surface area (Å²) in [5, 5.41) is 3.32. The van der Waals surface area contributed by atoms with Crippen LogP contribution in [-0.4, -0.2) is 23.7 Å². The molecule has 0 aliphatic rings. The van der Waals surface area contributed by atoms with Gasteiger partial charge in [0.2, 0.25) is 0 Å². The first-order valence-electron chi connectivity index (χ1n) is 6.63. The van der Waals surface area contributed by atoms with Gasteiger partial charge in [0.1, 0.15) is 23.4 Å². The molecule has 2 aromatic rings. The fourth-order valence-electron chi connectivity index (χ4n) is 1.83. The Bertz CT molecular complexity index is 532. The van der Waals surface area contributed by atoms with E-state index in [1.807, 2.05) is 18.2 Å². The number of nitrogens with zero attached hydrogens (tertiary/aromatic N) is 2. The van der Waals surface area contributed by atoms with Crippen molar-refractivity contribution in [3.8, 4) is 0 Å². The normalized spacial score (nSPS) is 13.2. The Hall–Kier alpha value is -1.88. The standard InChI is InChI=1S/C15H21N3O2/c1-15(2,3)14-16-8-7-13(18-14)17-11(10-19-4)12-6-5-9-20-12/h5-9,11H,10H2,1-4H3,(H,16,17,18). The van der Waals surface area contributed by atoms with E-state index in [4.69, 9.17) is 9.15 Å². The molecule has 0 aromatic carbocycles. The Labute approximate surface area is 119 Å². The van der Waals surface area contributed by atoms with Crippen molar-refractivity contribution in [2.75, 3.05) is 19.0 Å². The van der Waals surface area contributed by atoms with E-state index < -0.39 is 0 Å². The minimum atomic E-state index is -0.0842. The van der Waals surface area contributed by atoms with Gasteiger partial charge in [-0.05, 0) is 18.2 Å². The van der Waals surface area contributed by atoms with Crippen LogP contribution in [-0.2, 0) is 10.2 Å². The molecule has 0 saturated carbocycles. The van der Waals surface area contributed by atoms with Gasteiger partial charge >= 0.3 is 0 Å². The quantitative estimate of drug-likeness (QED) is 0.908. The summed E-state index contributed by atoms with van der Waals surface area (Å²) in [7, 11) is 1.66. The molecule has 108 valence electrons. The maximum atomic E-state index is 5.43. The maximum Gasteiger partial charge on any atom is 0.135 e. The highest BCUT2D eigenvalue weighted by atomic mass is 16.5. The summed E-state index contributed by atoms with van der Waals surface area (Å²) >= 11 is 0. The van der Waals surface area contributed by atoms with E-state index >= 15 is 0 Å². The van der Waals surface area contributed by atoms with Gasteiger partial charge in [-0.2, -0.15) is 0 Å². The Morgan fingerprint density at radius 2 is 2.15 bits per heavy atom. The van der Waals surface area contributed by atoms with E-state index in [0.717, 1.165) is 17.4 Å². The molecule has 0 spiro atoms. The lowest BCUT2D eigenvalue weighted by atomic mass is 9.96. The number of nitrogens with one attached hydrogen (secondary N) is 1. The Kier molecular flexibility index (Phi) is 4.39. The maximum absolute atomic E-state index is 5.43. The lowest BCUT2D eigenvalue weighted by molar-refractivity contribution is 0.178. The molecule has 20 heavy (non-hydrogen) atoms. The van der Waals surface area contributed by atoms with E-state index in [1.165, 1.54) is 0 Å². The molecule has 2 aromatic heterocycles. The number of methoxy groups -OCH3 is 1. The molecule has 2 rings (SSSR count). The summed E-state index contributed by atoms with van der Waals surface area (Å²) in [5.41, 5.74) is -0.0842. The van der Waals surface area contributed by atoms with Crippen LogP contribution in [0.1, 0.15) is 38.4 Å². The lowest BCUT2D eigenvalue weighted by Crippen LogP contribution is -2.20. The van der Waals surface area contributed by atoms with Crippen molar-refractivity contribution >= 4 is 5.82 Å². The van der Waals surface area contributed by atoms with Crippen LogP contribution in [0.3, 0.4) is 0 Å². The van der Waals surface area contributed by atoms with Crippen molar-refractivity contribution in [2.45, 2.75) is 32.2 Å². The zero-order valence-corrected chi connectivity index (χ0v) is 12.4. The van der Waals surface area contributed by atoms with E-state index in [2.05, 4.69) is 36.1 Å². The van der Waals surface area contributed by atoms with Crippen LogP contribution in [0.4, 0.5) is 5.82 Å². The molecule has 0 radical (unpaired) electrons. The van der Waals surface area contributed by atoms with Crippen LogP contribution in [0.15, 0.2) is 35.1 Å². The van der Waals surface area contributed by atoms with E-state index in [1.54, 1.807) is 19.6 Å². The number of hydrogen-bond acceptors (Lipinski definition) is 5. The smallest absolute Gasteiger partial charge is 0.135 e. The van der Waals surface area contributed by atoms with E-state index in [-0.39, 0.29) is 11.5 Å². The highest BCUT2D eigenvalue weighted by Gasteiger charge is 2.19. The van der Waals surface area contributed by atoms with Crippen LogP contribution in [0, 0.1) is 0 Å². The summed E-state index contributed by atoms with van der Waals surface area (Å²) < 4.78 is 10.7. The average Bonchev–Trinajstić information content (AvgIpc) is 2.91. The SMILES string of the molecule is COCC(Nc1ccnc(C(C)(C)C)n1)c1ccco1. The third-order valence-electron chi connectivity index (χ3n) is 2.87. The molecule has 1 atom stereocenters. The largest absolute Gasteiger partial charge is 0.467 e. The summed E-state index contributed by atoms with van der Waals surface area (Å²) in [6.45, 7) is 6.77. The first-order chi connectivity index (χ1) is 9.50. The zero-order chi connectivity index (χ0) is 14.6. The average molecular weight is 275 g/mol. The van der Waals surface area contributed by atoms with Gasteiger partial charge in [0, 0.05) is 18.7 Å². The van der Waals surface area contributed by atoms with Crippen molar-refractivity contribution in [3.63, 3.8) is 0 Å². The molecule has 1 unspecified atom stereocenters. The molecule has 0 amide bonds. The second-order valence-corrected chi connectivity index (χ2v) is 5.68. The summed E-state index contributed by atoms with van der Waals surface area (Å²) in [5.74, 6) is 2.39. The minimum absolute atomic E-state index is 0.0716. The first-order valence-corrected chi connectivity index (χ1v) is 6.63. The molecule has 1 N–H and O–H groups in total. The second kappa shape index (κ2) is 6.05. The monoisotopic (exact) mass is 275 g/mol. The van der Waals surface area contributed by atoms with Crippen molar-refractivity contribution in [1.82, 2.24) is 9.97 Å². The van der Waals surface area contributed by atoms with Gasteiger partial charge < -0.3 is 14.5 Å². The van der Waals surface area contributed by atoms with Crippen molar-refractivity contribution in [2.24, 2.45) is 0 Å². The lowest BCUT2D eigenvalue weighted by Gasteiger charge is -2.20. The Morgan fingerprint density at radius 1 is 1.35 bits per heavy atom. The number of ether oxygens (including phenoxy) is 1. The fraction of sp³-hybridized carbons (Fsp3) is 0.467. The third kappa shape index (κ3) is 3.57. The Morgan fingerprint density at radius 3 is 2.75 bits per heavy atom. The number of hydrogen-bond donors (Lipinski definition) is 1. The fourth-order valence-corrected chi connectivity index (χ4v) is 1.83. The highest BCUT2D eigenvalue weighted by Crippen LogP contribution is 2.22. The first kappa shape index (κ1) is 14.5. The molecule has 0 bridgehead atoms. The van der Waals surface area contributed by atoms with Crippen LogP contribution < -0.4 is 5.32 Å². The summed E-state index contributed by atoms with van der Waals surface area (Å²) in [6.07, 6.45) is 3.42. The van der Waals surface area contributed by atoms with Gasteiger partial charge in [-0.1, -0.05) is 20.8 Å². The molecule has 0 aliphatic carbocycles. The topological polar surface area (TPSA) is 60.2 Å². The molecule has 5 nitrogen and oxygen atoms in total. The molecule has 0 saturated heterocycles. The van der Waals surface area contributed by atoms with Crippen LogP contribution in [0.25, 0.3) is 0 Å². The van der Waals surface area contributed by atoms with Crippen LogP contribution in [0.5, 0.6) is 0 Å². The van der Waals surface area contributed by atoms with Gasteiger partial charge in [-0.15, -0.1) is 0 Å². The third-order valence-corrected chi connectivity index (χ3v) is 2.87. The predicted octanol–water partition coefficient (Wildman–Crippen LogP) is 3.17. The van der Waals surface area contributed by atoms with Crippen LogP contribution >= 0.6 is 0 Å². The van der Waals surface area contributed by atoms with E-state index in [0.29, 0.717) is 6.61 Å². The molecular formula is C15H21N3O2. The summed E-state index contributed by atoms with van der Waals surface area (Å²) in [4.78, 5) is 8.88. The molecule has 0 fully saturated rings. The highest BCUT2D eigenvalue weighted by molar-refractivity contribution is 5.36. The van der Waals surface area contributed by atoms with Gasteiger partial charge in [-0.25, -0.2) is 9.97 Å². The number of aromatic nitrogens is 2. The van der Waals surface area contributed by atoms with Gasteiger partial charge in [0.25, 0.3) is 0 Å². The summed E-state index contributed by atoms with van der Waals surface area (Å²) in [6, 6.07) is 5.56. The molecular weight excluding hydrogens is 254 g/mol. The Balaban J connectivity index is 2.19. The molecule has 5 heteroatoms. The van der Waals surface area contributed by atoms with Gasteiger partial charge in [-0.3, -0.25) is 0 Å². The number of rotatable bonds is 5. The number of anilines is 1. The molecule has 0 aliphatic heterocycles. The zero-order valence-electron chi connectivity index (χ0n) is 12.4. The minimum Gasteiger partial charge on any atom is -0.467 e. The van der Waals surface area contributed by atoms with Gasteiger partial charge in [0.05, 0.1) is 12.9 Å². The van der Waals surface area contributed by atoms with Gasteiger partial charge in [0.15, 0.2) is 0 Å². The van der Waals surface area contributed by atoms with Crippen molar-refractivity contribution in [1.29, 1.82) is 0 Å². The predicted molar refractivity (Wildman–Crippen MR) is 77.7 cm³/mol. The van der Waals surface area contributed by atoms with Crippen molar-refractivity contribution in [3.05, 3.63) is 42.2 Å². The van der Waals surface area contributed by atoms with Crippen LogP contribution in [0.2, 0.25) is 0 Å².